The van der Waals surface area contributed by atoms with Gasteiger partial charge in [0, 0.05) is 24.4 Å². The largest absolute Gasteiger partial charge is 0.487 e. The van der Waals surface area contributed by atoms with Gasteiger partial charge in [-0.1, -0.05) is 12.1 Å². The fraction of sp³-hybridized carbons (Fsp3) is 0.273. The minimum Gasteiger partial charge on any atom is -0.487 e. The number of carbonyl (C=O) groups excluding carboxylic acids is 2. The number of hydrogen-bond acceptors (Lipinski definition) is 6. The van der Waals surface area contributed by atoms with E-state index in [4.69, 9.17) is 9.47 Å². The van der Waals surface area contributed by atoms with E-state index in [1.165, 1.54) is 13.3 Å². The van der Waals surface area contributed by atoms with Gasteiger partial charge in [-0.25, -0.2) is 4.79 Å². The number of amides is 1. The van der Waals surface area contributed by atoms with E-state index < -0.39 is 5.97 Å². The fourth-order valence-electron chi connectivity index (χ4n) is 3.43. The number of para-hydroxylation sites is 1. The van der Waals surface area contributed by atoms with E-state index >= 15 is 0 Å². The number of esters is 1. The summed E-state index contributed by atoms with van der Waals surface area (Å²) in [6.45, 7) is 2.46. The van der Waals surface area contributed by atoms with Crippen molar-refractivity contribution in [2.45, 2.75) is 26.0 Å². The Hall–Kier alpha value is -3.68. The van der Waals surface area contributed by atoms with Crippen LogP contribution in [0.2, 0.25) is 0 Å². The number of nitrogens with one attached hydrogen (secondary N) is 1. The maximum atomic E-state index is 12.2. The Bertz CT molecular complexity index is 1070. The summed E-state index contributed by atoms with van der Waals surface area (Å²) in [6, 6.07) is 11.2. The minimum atomic E-state index is -0.426. The van der Waals surface area contributed by atoms with Crippen LogP contribution >= 0.6 is 0 Å². The van der Waals surface area contributed by atoms with Crippen LogP contribution in [0.4, 0.5) is 0 Å². The molecule has 0 saturated carbocycles. The Morgan fingerprint density at radius 2 is 2.13 bits per heavy atom. The Morgan fingerprint density at radius 1 is 1.27 bits per heavy atom. The zero-order chi connectivity index (χ0) is 21.1. The van der Waals surface area contributed by atoms with Crippen LogP contribution in [0.1, 0.15) is 21.6 Å². The highest BCUT2D eigenvalue weighted by Crippen LogP contribution is 2.37. The van der Waals surface area contributed by atoms with Crippen molar-refractivity contribution in [1.29, 1.82) is 0 Å². The predicted molar refractivity (Wildman–Crippen MR) is 109 cm³/mol. The van der Waals surface area contributed by atoms with E-state index in [1.807, 2.05) is 31.2 Å². The highest BCUT2D eigenvalue weighted by molar-refractivity contribution is 5.89. The lowest BCUT2D eigenvalue weighted by atomic mass is 10.0. The summed E-state index contributed by atoms with van der Waals surface area (Å²) in [5, 5.41) is 7.13. The number of pyridine rings is 1. The molecule has 0 unspecified atom stereocenters. The van der Waals surface area contributed by atoms with Crippen LogP contribution in [0.3, 0.4) is 0 Å². The first kappa shape index (κ1) is 19.6. The fourth-order valence-corrected chi connectivity index (χ4v) is 3.43. The van der Waals surface area contributed by atoms with Gasteiger partial charge in [-0.05, 0) is 36.8 Å². The third-order valence-corrected chi connectivity index (χ3v) is 4.90. The number of aromatic nitrogens is 3. The predicted octanol–water partition coefficient (Wildman–Crippen LogP) is 2.16. The molecule has 0 bridgehead atoms. The van der Waals surface area contributed by atoms with Gasteiger partial charge in [-0.15, -0.1) is 0 Å². The van der Waals surface area contributed by atoms with Crippen molar-refractivity contribution >= 4 is 11.9 Å². The van der Waals surface area contributed by atoms with Gasteiger partial charge in [0.2, 0.25) is 5.91 Å². The second kappa shape index (κ2) is 8.36. The summed E-state index contributed by atoms with van der Waals surface area (Å²) in [6.07, 6.45) is 3.81. The summed E-state index contributed by atoms with van der Waals surface area (Å²) < 4.78 is 12.4. The smallest absolute Gasteiger partial charge is 0.339 e. The second-order valence-electron chi connectivity index (χ2n) is 7.12. The van der Waals surface area contributed by atoms with Gasteiger partial charge in [-0.2, -0.15) is 5.10 Å². The molecule has 1 atom stereocenters. The molecule has 30 heavy (non-hydrogen) atoms. The normalized spacial score (nSPS) is 14.7. The van der Waals surface area contributed by atoms with Crippen LogP contribution in [-0.2, 0) is 22.5 Å². The van der Waals surface area contributed by atoms with Gasteiger partial charge in [-0.3, -0.25) is 14.5 Å². The van der Waals surface area contributed by atoms with Crippen molar-refractivity contribution < 1.29 is 19.1 Å². The van der Waals surface area contributed by atoms with Crippen LogP contribution in [0.5, 0.6) is 5.75 Å². The molecule has 2 aromatic heterocycles. The molecule has 0 radical (unpaired) electrons. The molecule has 0 fully saturated rings. The van der Waals surface area contributed by atoms with Crippen LogP contribution in [0, 0.1) is 6.92 Å². The number of carbonyl (C=O) groups is 2. The number of methoxy groups -OCH3 is 1. The zero-order valence-electron chi connectivity index (χ0n) is 16.8. The molecular weight excluding hydrogens is 384 g/mol. The van der Waals surface area contributed by atoms with E-state index in [0.29, 0.717) is 24.2 Å². The lowest BCUT2D eigenvalue weighted by molar-refractivity contribution is -0.122. The number of nitrogens with zero attached hydrogens (tertiary/aromatic N) is 3. The molecule has 3 heterocycles. The summed E-state index contributed by atoms with van der Waals surface area (Å²) in [7, 11) is 1.34. The Labute approximate surface area is 173 Å². The third kappa shape index (κ3) is 4.17. The zero-order valence-corrected chi connectivity index (χ0v) is 16.8. The van der Waals surface area contributed by atoms with Crippen molar-refractivity contribution in [2.24, 2.45) is 0 Å². The summed E-state index contributed by atoms with van der Waals surface area (Å²) >= 11 is 0. The van der Waals surface area contributed by atoms with Crippen molar-refractivity contribution in [2.75, 3.05) is 13.7 Å². The van der Waals surface area contributed by atoms with Crippen molar-refractivity contribution in [3.63, 3.8) is 0 Å². The quantitative estimate of drug-likeness (QED) is 0.631. The third-order valence-electron chi connectivity index (χ3n) is 4.90. The highest BCUT2D eigenvalue weighted by Gasteiger charge is 2.26. The van der Waals surface area contributed by atoms with Gasteiger partial charge in [0.25, 0.3) is 0 Å². The first-order valence-corrected chi connectivity index (χ1v) is 9.63. The molecule has 0 saturated heterocycles. The van der Waals surface area contributed by atoms with Gasteiger partial charge >= 0.3 is 5.97 Å². The molecule has 0 spiro atoms. The van der Waals surface area contributed by atoms with Crippen molar-refractivity contribution in [3.8, 4) is 17.0 Å². The first-order valence-electron chi connectivity index (χ1n) is 9.63. The number of benzene rings is 1. The maximum absolute atomic E-state index is 12.2. The van der Waals surface area contributed by atoms with Crippen LogP contribution in [0.15, 0.2) is 48.8 Å². The van der Waals surface area contributed by atoms with Crippen molar-refractivity contribution in [1.82, 2.24) is 20.1 Å². The Morgan fingerprint density at radius 3 is 2.83 bits per heavy atom. The van der Waals surface area contributed by atoms with Crippen LogP contribution in [-0.4, -0.2) is 46.4 Å². The molecular formula is C22H22N4O4. The number of hydrogen-bond donors (Lipinski definition) is 1. The Kier molecular flexibility index (Phi) is 5.47. The summed E-state index contributed by atoms with van der Waals surface area (Å²) in [5.74, 6) is 0.223. The summed E-state index contributed by atoms with van der Waals surface area (Å²) in [5.41, 5.74) is 3.89. The van der Waals surface area contributed by atoms with E-state index in [-0.39, 0.29) is 18.6 Å². The Balaban J connectivity index is 1.41. The number of ether oxygens (including phenoxy) is 2. The standard InChI is InChI=1S/C22H22N4O4/c1-14-8-9-26(25-14)13-20(27)24-12-17-10-15-4-3-5-18(21(15)30-17)19-7-6-16(11-23-19)22(28)29-2/h3-9,11,17H,10,12-13H2,1-2H3,(H,24,27)/t17-/m0/s1. The molecule has 1 aliphatic rings. The van der Waals surface area contributed by atoms with E-state index in [9.17, 15) is 9.59 Å². The highest BCUT2D eigenvalue weighted by atomic mass is 16.5. The molecule has 154 valence electrons. The monoisotopic (exact) mass is 406 g/mol. The molecule has 1 aliphatic heterocycles. The van der Waals surface area contributed by atoms with Gasteiger partial charge < -0.3 is 14.8 Å². The second-order valence-corrected chi connectivity index (χ2v) is 7.12. The topological polar surface area (TPSA) is 95.3 Å². The van der Waals surface area contributed by atoms with E-state index in [1.54, 1.807) is 23.0 Å². The molecule has 1 aromatic carbocycles. The number of rotatable bonds is 6. The van der Waals surface area contributed by atoms with Crippen molar-refractivity contribution in [3.05, 3.63) is 65.6 Å². The average Bonchev–Trinajstić information content (AvgIpc) is 3.37. The van der Waals surface area contributed by atoms with Gasteiger partial charge in [0.15, 0.2) is 0 Å². The van der Waals surface area contributed by atoms with E-state index in [0.717, 1.165) is 22.6 Å². The van der Waals surface area contributed by atoms with Crippen LogP contribution < -0.4 is 10.1 Å². The molecule has 8 nitrogen and oxygen atoms in total. The van der Waals surface area contributed by atoms with E-state index in [2.05, 4.69) is 15.4 Å². The van der Waals surface area contributed by atoms with Gasteiger partial charge in [0.1, 0.15) is 18.4 Å². The van der Waals surface area contributed by atoms with Crippen LogP contribution in [0.25, 0.3) is 11.3 Å². The molecule has 8 heteroatoms. The lowest BCUT2D eigenvalue weighted by Gasteiger charge is -2.13. The molecule has 1 amide bonds. The molecule has 0 aliphatic carbocycles. The minimum absolute atomic E-state index is 0.113. The lowest BCUT2D eigenvalue weighted by Crippen LogP contribution is -2.36. The first-order chi connectivity index (χ1) is 14.5. The summed E-state index contributed by atoms with van der Waals surface area (Å²) in [4.78, 5) is 28.2. The average molecular weight is 406 g/mol. The molecule has 1 N–H and O–H groups in total. The maximum Gasteiger partial charge on any atom is 0.339 e. The molecule has 3 aromatic rings. The molecule has 4 rings (SSSR count). The van der Waals surface area contributed by atoms with Gasteiger partial charge in [0.05, 0.1) is 30.6 Å². The number of aryl methyl sites for hydroxylation is 1. The number of fused-ring (bicyclic) bond motifs is 1. The SMILES string of the molecule is COC(=O)c1ccc(-c2cccc3c2O[C@H](CNC(=O)Cn2ccc(C)n2)C3)nc1.